The molecule has 322 valence electrons. The lowest BCUT2D eigenvalue weighted by molar-refractivity contribution is -0.199. The number of ether oxygens (including phenoxy) is 5. The molecule has 2 heterocycles. The van der Waals surface area contributed by atoms with Gasteiger partial charge in [0.15, 0.2) is 12.1 Å². The fraction of sp³-hybridized carbons (Fsp3) is 0.538. The second-order valence-electron chi connectivity index (χ2n) is 16.4. The van der Waals surface area contributed by atoms with E-state index in [1.54, 1.807) is 12.7 Å². The molecule has 1 aliphatic carbocycles. The predicted molar refractivity (Wildman–Crippen MR) is 244 cm³/mol. The lowest BCUT2D eigenvalue weighted by Gasteiger charge is -2.27. The number of rotatable bonds is 20. The van der Waals surface area contributed by atoms with Gasteiger partial charge >= 0.3 is 0 Å². The van der Waals surface area contributed by atoms with E-state index in [1.807, 2.05) is 43.6 Å². The average Bonchev–Trinajstić information content (AvgIpc) is 3.27. The summed E-state index contributed by atoms with van der Waals surface area (Å²) in [6, 6.07) is 25.6. The van der Waals surface area contributed by atoms with Crippen LogP contribution in [0.25, 0.3) is 17.0 Å². The topological polar surface area (TPSA) is 71.9 Å². The summed E-state index contributed by atoms with van der Waals surface area (Å²) >= 11 is 0. The summed E-state index contributed by atoms with van der Waals surface area (Å²) in [4.78, 5) is 8.62. The summed E-state index contributed by atoms with van der Waals surface area (Å²) < 4.78 is 27.7. The largest absolute Gasteiger partial charge is 0.494 e. The molecule has 7 nitrogen and oxygen atoms in total. The molecular formula is C52H74N2O5. The SMILES string of the molecule is CCCCCOc1ccc(CCC2OCC(C)CO2)cc1.CCCCCc1ccc(C2=CCC(C)CC2)cc1.COCCCCOc1ccc(-c2ncc(C)cn2)cc1. The Morgan fingerprint density at radius 3 is 1.76 bits per heavy atom. The summed E-state index contributed by atoms with van der Waals surface area (Å²) in [5.74, 6) is 3.97. The maximum absolute atomic E-state index is 5.72. The maximum Gasteiger partial charge on any atom is 0.159 e. The molecule has 59 heavy (non-hydrogen) atoms. The molecule has 6 rings (SSSR count). The third kappa shape index (κ3) is 19.3. The van der Waals surface area contributed by atoms with Gasteiger partial charge in [-0.15, -0.1) is 0 Å². The third-order valence-corrected chi connectivity index (χ3v) is 10.7. The molecule has 0 amide bonds. The Bertz CT molecular complexity index is 1680. The van der Waals surface area contributed by atoms with Crippen molar-refractivity contribution in [2.24, 2.45) is 11.8 Å². The van der Waals surface area contributed by atoms with E-state index < -0.39 is 0 Å². The second kappa shape index (κ2) is 28.4. The van der Waals surface area contributed by atoms with E-state index in [0.717, 1.165) is 92.9 Å². The molecule has 7 heteroatoms. The number of aromatic nitrogens is 2. The Balaban J connectivity index is 0.000000196. The first-order valence-corrected chi connectivity index (χ1v) is 22.6. The van der Waals surface area contributed by atoms with E-state index >= 15 is 0 Å². The van der Waals surface area contributed by atoms with Crippen molar-refractivity contribution in [2.45, 2.75) is 131 Å². The zero-order chi connectivity index (χ0) is 41.9. The van der Waals surface area contributed by atoms with Crippen LogP contribution in [0.1, 0.15) is 127 Å². The molecule has 4 aromatic rings. The fourth-order valence-electron chi connectivity index (χ4n) is 6.86. The summed E-state index contributed by atoms with van der Waals surface area (Å²) in [7, 11) is 1.72. The molecular weight excluding hydrogens is 733 g/mol. The van der Waals surface area contributed by atoms with Crippen LogP contribution < -0.4 is 9.47 Å². The van der Waals surface area contributed by atoms with Crippen molar-refractivity contribution in [3.63, 3.8) is 0 Å². The van der Waals surface area contributed by atoms with Crippen molar-refractivity contribution in [2.75, 3.05) is 40.1 Å². The first-order chi connectivity index (χ1) is 28.9. The van der Waals surface area contributed by atoms with Crippen LogP contribution in [-0.2, 0) is 27.1 Å². The lowest BCUT2D eigenvalue weighted by atomic mass is 9.87. The summed E-state index contributed by atoms with van der Waals surface area (Å²) in [5, 5.41) is 0. The van der Waals surface area contributed by atoms with Crippen molar-refractivity contribution in [3.05, 3.63) is 114 Å². The second-order valence-corrected chi connectivity index (χ2v) is 16.4. The van der Waals surface area contributed by atoms with Gasteiger partial charge in [0.05, 0.1) is 26.4 Å². The van der Waals surface area contributed by atoms with Crippen molar-refractivity contribution >= 4 is 5.57 Å². The van der Waals surface area contributed by atoms with E-state index in [-0.39, 0.29) is 6.29 Å². The first kappa shape index (κ1) is 47.6. The van der Waals surface area contributed by atoms with Gasteiger partial charge in [0.2, 0.25) is 0 Å². The van der Waals surface area contributed by atoms with Crippen LogP contribution in [0.2, 0.25) is 0 Å². The number of methoxy groups -OCH3 is 1. The number of benzene rings is 3. The van der Waals surface area contributed by atoms with Crippen LogP contribution in [0.4, 0.5) is 0 Å². The van der Waals surface area contributed by atoms with Gasteiger partial charge in [0.1, 0.15) is 11.5 Å². The highest BCUT2D eigenvalue weighted by Crippen LogP contribution is 2.30. The molecule has 3 aromatic carbocycles. The van der Waals surface area contributed by atoms with E-state index in [4.69, 9.17) is 23.7 Å². The third-order valence-electron chi connectivity index (χ3n) is 10.7. The fourth-order valence-corrected chi connectivity index (χ4v) is 6.86. The van der Waals surface area contributed by atoms with Crippen molar-refractivity contribution in [3.8, 4) is 22.9 Å². The zero-order valence-electron chi connectivity index (χ0n) is 37.3. The number of aryl methyl sites for hydroxylation is 3. The molecule has 1 aliphatic heterocycles. The minimum Gasteiger partial charge on any atom is -0.494 e. The van der Waals surface area contributed by atoms with Crippen LogP contribution >= 0.6 is 0 Å². The molecule has 0 radical (unpaired) electrons. The van der Waals surface area contributed by atoms with Crippen LogP contribution in [0.15, 0.2) is 91.3 Å². The first-order valence-electron chi connectivity index (χ1n) is 22.6. The minimum absolute atomic E-state index is 0.0360. The molecule has 0 saturated carbocycles. The molecule has 1 unspecified atom stereocenters. The molecule has 0 spiro atoms. The van der Waals surface area contributed by atoms with Crippen molar-refractivity contribution < 1.29 is 23.7 Å². The van der Waals surface area contributed by atoms with E-state index in [2.05, 4.69) is 92.3 Å². The maximum atomic E-state index is 5.72. The molecule has 2 aliphatic rings. The minimum atomic E-state index is -0.0360. The monoisotopic (exact) mass is 807 g/mol. The van der Waals surface area contributed by atoms with Gasteiger partial charge in [-0.1, -0.05) is 95.9 Å². The summed E-state index contributed by atoms with van der Waals surface area (Å²) in [6.07, 6.45) is 22.7. The quantitative estimate of drug-likeness (QED) is 0.0824. The highest BCUT2D eigenvalue weighted by Gasteiger charge is 2.18. The highest BCUT2D eigenvalue weighted by molar-refractivity contribution is 5.66. The number of hydrogen-bond donors (Lipinski definition) is 0. The van der Waals surface area contributed by atoms with E-state index in [0.29, 0.717) is 12.5 Å². The standard InChI is InChI=1S/C18H28O3.C18H26.C16H20N2O2/c1-3-4-5-12-19-17-9-6-16(7-10-17)8-11-18-20-13-15(2)14-21-18;1-3-4-5-6-16-9-13-18(14-10-16)17-11-7-15(2)8-12-17;1-13-11-17-16(18-12-13)14-5-7-15(8-6-14)20-10-4-3-9-19-2/h6-7,9-10,15,18H,3-5,8,11-14H2,1-2H3;9-11,13-15H,3-8,12H2,1-2H3;5-8,11-12H,3-4,9-10H2,1-2H3. The van der Waals surface area contributed by atoms with Gasteiger partial charge in [-0.2, -0.15) is 0 Å². The van der Waals surface area contributed by atoms with Crippen molar-refractivity contribution in [1.82, 2.24) is 9.97 Å². The Morgan fingerprint density at radius 1 is 0.627 bits per heavy atom. The molecule has 1 saturated heterocycles. The van der Waals surface area contributed by atoms with Crippen LogP contribution in [-0.4, -0.2) is 56.4 Å². The highest BCUT2D eigenvalue weighted by atomic mass is 16.7. The Labute approximate surface area is 357 Å². The number of allylic oxidation sites excluding steroid dienone is 2. The zero-order valence-corrected chi connectivity index (χ0v) is 37.3. The molecule has 0 N–H and O–H groups in total. The number of unbranched alkanes of at least 4 members (excludes halogenated alkanes) is 5. The van der Waals surface area contributed by atoms with Gasteiger partial charge < -0.3 is 23.7 Å². The molecule has 1 atom stereocenters. The number of nitrogens with zero attached hydrogens (tertiary/aromatic N) is 2. The predicted octanol–water partition coefficient (Wildman–Crippen LogP) is 13.1. The summed E-state index contributed by atoms with van der Waals surface area (Å²) in [5.41, 5.74) is 7.87. The van der Waals surface area contributed by atoms with Gasteiger partial charge in [0, 0.05) is 44.0 Å². The lowest BCUT2D eigenvalue weighted by Crippen LogP contribution is -2.30. The van der Waals surface area contributed by atoms with Gasteiger partial charge in [-0.25, -0.2) is 9.97 Å². The van der Waals surface area contributed by atoms with Crippen LogP contribution in [0, 0.1) is 18.8 Å². The van der Waals surface area contributed by atoms with Gasteiger partial charge in [-0.3, -0.25) is 0 Å². The molecule has 1 aromatic heterocycles. The Kier molecular flexibility index (Phi) is 23.0. The Morgan fingerprint density at radius 2 is 1.17 bits per heavy atom. The van der Waals surface area contributed by atoms with E-state index in [9.17, 15) is 0 Å². The molecule has 1 fully saturated rings. The molecule has 0 bridgehead atoms. The number of hydrogen-bond acceptors (Lipinski definition) is 7. The van der Waals surface area contributed by atoms with Crippen LogP contribution in [0.5, 0.6) is 11.5 Å². The smallest absolute Gasteiger partial charge is 0.159 e. The van der Waals surface area contributed by atoms with Gasteiger partial charge in [-0.05, 0) is 135 Å². The van der Waals surface area contributed by atoms with Crippen LogP contribution in [0.3, 0.4) is 0 Å². The van der Waals surface area contributed by atoms with E-state index in [1.165, 1.54) is 74.5 Å². The normalized spacial score (nSPS) is 17.5. The van der Waals surface area contributed by atoms with Gasteiger partial charge in [0.25, 0.3) is 0 Å². The Hall–Kier alpha value is -4.04. The summed E-state index contributed by atoms with van der Waals surface area (Å²) in [6.45, 7) is 14.9. The van der Waals surface area contributed by atoms with Crippen molar-refractivity contribution in [1.29, 1.82) is 0 Å². The average molecular weight is 807 g/mol.